The minimum atomic E-state index is -0.302. The summed E-state index contributed by atoms with van der Waals surface area (Å²) in [4.78, 5) is 29.0. The highest BCUT2D eigenvalue weighted by Crippen LogP contribution is 2.43. The van der Waals surface area contributed by atoms with Crippen molar-refractivity contribution in [2.24, 2.45) is 5.92 Å². The summed E-state index contributed by atoms with van der Waals surface area (Å²) in [5.41, 5.74) is 2.24. The highest BCUT2D eigenvalue weighted by atomic mass is 35.5. The van der Waals surface area contributed by atoms with Crippen molar-refractivity contribution in [3.05, 3.63) is 35.5 Å². The second-order valence-corrected chi connectivity index (χ2v) is 9.89. The van der Waals surface area contributed by atoms with E-state index in [-0.39, 0.29) is 35.7 Å². The maximum atomic E-state index is 13.0. The number of carbonyl (C=O) groups is 2. The molecule has 0 spiro atoms. The van der Waals surface area contributed by atoms with E-state index in [0.29, 0.717) is 23.9 Å². The first-order valence-corrected chi connectivity index (χ1v) is 11.8. The number of pyridine rings is 1. The molecule has 2 heterocycles. The number of hydrogen-bond acceptors (Lipinski definition) is 6. The summed E-state index contributed by atoms with van der Waals surface area (Å²) in [6.45, 7) is 4.65. The van der Waals surface area contributed by atoms with Crippen molar-refractivity contribution in [2.75, 3.05) is 17.2 Å². The molecule has 1 aromatic carbocycles. The molecule has 1 saturated carbocycles. The van der Waals surface area contributed by atoms with Crippen molar-refractivity contribution in [1.82, 2.24) is 10.3 Å². The Bertz CT molecular complexity index is 1140. The normalized spacial score (nSPS) is 20.6. The summed E-state index contributed by atoms with van der Waals surface area (Å²) < 4.78 is 6.07. The van der Waals surface area contributed by atoms with E-state index in [2.05, 4.69) is 34.8 Å². The van der Waals surface area contributed by atoms with Crippen LogP contribution < -0.4 is 20.7 Å². The zero-order chi connectivity index (χ0) is 24.3. The van der Waals surface area contributed by atoms with Gasteiger partial charge in [0, 0.05) is 29.3 Å². The number of ether oxygens (including phenoxy) is 1. The molecule has 178 valence electrons. The number of para-hydroxylation sites is 1. The quantitative estimate of drug-likeness (QED) is 0.578. The van der Waals surface area contributed by atoms with Gasteiger partial charge >= 0.3 is 0 Å². The van der Waals surface area contributed by atoms with Crippen LogP contribution in [0.25, 0.3) is 11.1 Å². The molecule has 9 heteroatoms. The average molecular weight is 482 g/mol. The Balaban J connectivity index is 1.50. The summed E-state index contributed by atoms with van der Waals surface area (Å²) in [6, 6.07) is 9.33. The number of halogens is 1. The maximum absolute atomic E-state index is 13.0. The van der Waals surface area contributed by atoms with Gasteiger partial charge in [-0.3, -0.25) is 9.59 Å². The minimum Gasteiger partial charge on any atom is -0.488 e. The van der Waals surface area contributed by atoms with Crippen LogP contribution in [0.5, 0.6) is 5.75 Å². The van der Waals surface area contributed by atoms with Crippen molar-refractivity contribution in [2.45, 2.75) is 57.5 Å². The number of nitriles is 1. The zero-order valence-corrected chi connectivity index (χ0v) is 20.0. The van der Waals surface area contributed by atoms with Gasteiger partial charge in [0.15, 0.2) is 0 Å². The van der Waals surface area contributed by atoms with E-state index in [0.717, 1.165) is 41.8 Å². The van der Waals surface area contributed by atoms with Gasteiger partial charge in [0.25, 0.3) is 0 Å². The van der Waals surface area contributed by atoms with Gasteiger partial charge in [0.2, 0.25) is 11.8 Å². The predicted octanol–water partition coefficient (Wildman–Crippen LogP) is 4.51. The van der Waals surface area contributed by atoms with Crippen LogP contribution in [0.4, 0.5) is 11.5 Å². The number of aromatic nitrogens is 1. The fraction of sp³-hybridized carbons (Fsp3) is 0.440. The Morgan fingerprint density at radius 2 is 2.15 bits per heavy atom. The van der Waals surface area contributed by atoms with Gasteiger partial charge in [-0.15, -0.1) is 0 Å². The lowest BCUT2D eigenvalue weighted by Crippen LogP contribution is -2.41. The lowest BCUT2D eigenvalue weighted by atomic mass is 9.85. The van der Waals surface area contributed by atoms with E-state index in [1.807, 2.05) is 24.3 Å². The van der Waals surface area contributed by atoms with Crippen LogP contribution in [-0.4, -0.2) is 35.0 Å². The smallest absolute Gasteiger partial charge is 0.234 e. The molecule has 1 fully saturated rings. The number of hydrogen-bond donors (Lipinski definition) is 3. The predicted molar refractivity (Wildman–Crippen MR) is 131 cm³/mol. The first-order valence-electron chi connectivity index (χ1n) is 11.4. The summed E-state index contributed by atoms with van der Waals surface area (Å²) in [5.74, 6) is 0.428. The largest absolute Gasteiger partial charge is 0.488 e. The second-order valence-electron chi connectivity index (χ2n) is 9.48. The lowest BCUT2D eigenvalue weighted by molar-refractivity contribution is -0.124. The van der Waals surface area contributed by atoms with Crippen LogP contribution in [0.15, 0.2) is 30.5 Å². The highest BCUT2D eigenvalue weighted by molar-refractivity contribution is 6.33. The third kappa shape index (κ3) is 5.42. The number of carbonyl (C=O) groups excluding carboxylic acids is 2. The summed E-state index contributed by atoms with van der Waals surface area (Å²) in [5, 5.41) is 18.4. The molecule has 4 rings (SSSR count). The van der Waals surface area contributed by atoms with E-state index in [1.165, 1.54) is 6.20 Å². The molecule has 1 aliphatic carbocycles. The molecule has 2 amide bonds. The molecule has 2 atom stereocenters. The minimum absolute atomic E-state index is 0.108. The van der Waals surface area contributed by atoms with E-state index in [4.69, 9.17) is 21.6 Å². The number of fused-ring (bicyclic) bond motifs is 1. The standard InChI is InChI=1S/C25H28ClN5O3/c1-25(2)14-34-23-17(7-4-8-20(23)31-25)18-12-21(28-13-19(18)26)30-24(33)15-5-3-6-16(11-15)29-22(32)9-10-27/h4,7-8,12-13,15-16,31H,3,5-6,9,11,14H2,1-2H3,(H,29,32)(H,28,30,33)/t15-,16+/m0/s1. The molecule has 2 aromatic rings. The summed E-state index contributed by atoms with van der Waals surface area (Å²) in [6.07, 6.45) is 4.24. The molecule has 0 saturated heterocycles. The van der Waals surface area contributed by atoms with Gasteiger partial charge in [-0.2, -0.15) is 5.26 Å². The molecule has 1 aromatic heterocycles. The van der Waals surface area contributed by atoms with Crippen LogP contribution in [0.2, 0.25) is 5.02 Å². The van der Waals surface area contributed by atoms with Gasteiger partial charge < -0.3 is 20.7 Å². The molecule has 1 aliphatic heterocycles. The average Bonchev–Trinajstić information content (AvgIpc) is 2.79. The van der Waals surface area contributed by atoms with E-state index >= 15 is 0 Å². The first kappa shape index (κ1) is 23.8. The topological polar surface area (TPSA) is 116 Å². The molecule has 34 heavy (non-hydrogen) atoms. The lowest BCUT2D eigenvalue weighted by Gasteiger charge is -2.34. The first-order chi connectivity index (χ1) is 16.3. The van der Waals surface area contributed by atoms with Crippen molar-refractivity contribution < 1.29 is 14.3 Å². The van der Waals surface area contributed by atoms with Crippen LogP contribution in [0, 0.1) is 17.2 Å². The monoisotopic (exact) mass is 481 g/mol. The molecule has 2 aliphatic rings. The fourth-order valence-corrected chi connectivity index (χ4v) is 4.71. The summed E-state index contributed by atoms with van der Waals surface area (Å²) >= 11 is 6.49. The second kappa shape index (κ2) is 9.90. The van der Waals surface area contributed by atoms with Gasteiger partial charge in [0.05, 0.1) is 22.3 Å². The molecule has 0 unspecified atom stereocenters. The Labute approximate surface area is 204 Å². The Hall–Kier alpha value is -3.31. The Morgan fingerprint density at radius 1 is 1.32 bits per heavy atom. The Kier molecular flexibility index (Phi) is 6.94. The van der Waals surface area contributed by atoms with E-state index in [9.17, 15) is 9.59 Å². The van der Waals surface area contributed by atoms with Gasteiger partial charge in [0.1, 0.15) is 24.6 Å². The number of rotatable bonds is 5. The molecule has 3 N–H and O–H groups in total. The zero-order valence-electron chi connectivity index (χ0n) is 19.3. The number of benzene rings is 1. The van der Waals surface area contributed by atoms with Crippen molar-refractivity contribution in [1.29, 1.82) is 5.26 Å². The fourth-order valence-electron chi connectivity index (χ4n) is 4.51. The van der Waals surface area contributed by atoms with Gasteiger partial charge in [-0.1, -0.05) is 30.2 Å². The van der Waals surface area contributed by atoms with E-state index in [1.54, 1.807) is 6.07 Å². The molecular formula is C25H28ClN5O3. The molecule has 8 nitrogen and oxygen atoms in total. The highest BCUT2D eigenvalue weighted by Gasteiger charge is 2.30. The van der Waals surface area contributed by atoms with E-state index < -0.39 is 0 Å². The maximum Gasteiger partial charge on any atom is 0.234 e. The molecule has 0 radical (unpaired) electrons. The van der Waals surface area contributed by atoms with Crippen LogP contribution in [0.1, 0.15) is 46.0 Å². The van der Waals surface area contributed by atoms with Crippen molar-refractivity contribution >= 4 is 34.9 Å². The van der Waals surface area contributed by atoms with Crippen LogP contribution in [0.3, 0.4) is 0 Å². The van der Waals surface area contributed by atoms with Gasteiger partial charge in [-0.25, -0.2) is 4.98 Å². The Morgan fingerprint density at radius 3 is 2.94 bits per heavy atom. The van der Waals surface area contributed by atoms with Crippen LogP contribution >= 0.6 is 11.6 Å². The summed E-state index contributed by atoms with van der Waals surface area (Å²) in [7, 11) is 0. The molecular weight excluding hydrogens is 454 g/mol. The van der Waals surface area contributed by atoms with Crippen molar-refractivity contribution in [3.8, 4) is 22.9 Å². The number of anilines is 2. The third-order valence-electron chi connectivity index (χ3n) is 6.11. The SMILES string of the molecule is CC1(C)COc2c(cccc2-c2cc(NC(=O)[C@H]3CCC[C@@H](NC(=O)CC#N)C3)ncc2Cl)N1. The third-order valence-corrected chi connectivity index (χ3v) is 6.41. The number of nitrogens with zero attached hydrogens (tertiary/aromatic N) is 2. The van der Waals surface area contributed by atoms with Gasteiger partial charge in [-0.05, 0) is 45.2 Å². The molecule has 0 bridgehead atoms. The van der Waals surface area contributed by atoms with Crippen molar-refractivity contribution in [3.63, 3.8) is 0 Å². The number of nitrogens with one attached hydrogen (secondary N) is 3. The number of amides is 2. The van der Waals surface area contributed by atoms with Crippen LogP contribution in [-0.2, 0) is 9.59 Å².